The van der Waals surface area contributed by atoms with Crippen LogP contribution in [0, 0.1) is 0 Å². The number of rotatable bonds is 11. The summed E-state index contributed by atoms with van der Waals surface area (Å²) < 4.78 is 21.2. The zero-order valence-corrected chi connectivity index (χ0v) is 69.9. The predicted molar refractivity (Wildman–Crippen MR) is 546 cm³/mol. The standard InChI is InChI=1S/C126H74O3/c1-2-29-77-70-82(65-62-75(77)28-1)86-34-3-5-37-92(86)118-98-43-11-15-47-102(98)121(103-48-16-12-44-99(103)118)109-57-25-55-107-113-74-79(67-69-115(113)128-125(107)109)78-64-63-76-30-22-53-90(112(76)73-78)89-35-4-6-38-93(89)119-100-45-13-17-49-104(100)122(105-50-18-14-46-101(105)119)110-58-26-59-111-123-88(52-27-61-116(123)129-126(110)111)83-66-68-87-80(71-83)32-23-51-85(87)81-31-21-33-84(72-81)117-94-39-7-9-41-96(94)120(97-42-10-8-40-95(97)117)108-56-24-54-106-91-36-19-20-60-114(91)127-124(106)108/h1-74H. The van der Waals surface area contributed by atoms with Gasteiger partial charge in [-0.25, -0.2) is 0 Å². The molecule has 0 unspecified atom stereocenters. The zero-order chi connectivity index (χ0) is 84.5. The van der Waals surface area contributed by atoms with Gasteiger partial charge in [-0.2, -0.15) is 0 Å². The van der Waals surface area contributed by atoms with Crippen molar-refractivity contribution >= 4 is 163 Å². The van der Waals surface area contributed by atoms with Gasteiger partial charge < -0.3 is 13.3 Å². The summed E-state index contributed by atoms with van der Waals surface area (Å²) in [4.78, 5) is 0. The first-order valence-electron chi connectivity index (χ1n) is 44.5. The molecule has 27 rings (SSSR count). The maximum absolute atomic E-state index is 7.30. The molecule has 24 aromatic carbocycles. The molecule has 0 saturated carbocycles. The largest absolute Gasteiger partial charge is 0.455 e. The van der Waals surface area contributed by atoms with Crippen LogP contribution in [0.1, 0.15) is 0 Å². The van der Waals surface area contributed by atoms with E-state index in [9.17, 15) is 0 Å². The fourth-order valence-electron chi connectivity index (χ4n) is 22.0. The first kappa shape index (κ1) is 72.5. The second-order valence-corrected chi connectivity index (χ2v) is 34.5. The summed E-state index contributed by atoms with van der Waals surface area (Å²) in [7, 11) is 0. The monoisotopic (exact) mass is 1630 g/mol. The summed E-state index contributed by atoms with van der Waals surface area (Å²) in [6.45, 7) is 0. The van der Waals surface area contributed by atoms with Gasteiger partial charge in [0.2, 0.25) is 0 Å². The normalized spacial score (nSPS) is 12.0. The molecule has 0 atom stereocenters. The quantitative estimate of drug-likeness (QED) is 0.121. The lowest BCUT2D eigenvalue weighted by molar-refractivity contribution is 0.670. The Hall–Kier alpha value is -17.0. The van der Waals surface area contributed by atoms with E-state index in [-0.39, 0.29) is 0 Å². The van der Waals surface area contributed by atoms with Crippen molar-refractivity contribution in [3.05, 3.63) is 449 Å². The molecule has 0 spiro atoms. The highest BCUT2D eigenvalue weighted by molar-refractivity contribution is 6.30. The molecule has 0 amide bonds. The Kier molecular flexibility index (Phi) is 16.2. The highest BCUT2D eigenvalue weighted by Gasteiger charge is 2.28. The van der Waals surface area contributed by atoms with Crippen LogP contribution in [0.2, 0.25) is 0 Å². The third-order valence-electron chi connectivity index (χ3n) is 27.6. The molecule has 0 saturated heterocycles. The Morgan fingerprint density at radius 3 is 1.04 bits per heavy atom. The number of benzene rings is 24. The minimum Gasteiger partial charge on any atom is -0.455 e. The van der Waals surface area contributed by atoms with Gasteiger partial charge in [-0.1, -0.05) is 400 Å². The summed E-state index contributed by atoms with van der Waals surface area (Å²) in [6.07, 6.45) is 0. The fraction of sp³-hybridized carbons (Fsp3) is 0. The van der Waals surface area contributed by atoms with Gasteiger partial charge in [0.05, 0.1) is 0 Å². The Morgan fingerprint density at radius 1 is 0.116 bits per heavy atom. The van der Waals surface area contributed by atoms with Gasteiger partial charge >= 0.3 is 0 Å². The van der Waals surface area contributed by atoms with E-state index in [2.05, 4.69) is 443 Å². The minimum absolute atomic E-state index is 0.847. The van der Waals surface area contributed by atoms with Gasteiger partial charge in [0.15, 0.2) is 0 Å². The summed E-state index contributed by atoms with van der Waals surface area (Å²) in [5.74, 6) is 0. The summed E-state index contributed by atoms with van der Waals surface area (Å²) >= 11 is 0. The van der Waals surface area contributed by atoms with Crippen molar-refractivity contribution in [3.8, 4) is 122 Å². The molecule has 3 heteroatoms. The zero-order valence-electron chi connectivity index (χ0n) is 69.9. The van der Waals surface area contributed by atoms with E-state index in [1.807, 2.05) is 6.07 Å². The number of hydrogen-bond acceptors (Lipinski definition) is 3. The van der Waals surface area contributed by atoms with Crippen molar-refractivity contribution in [2.45, 2.75) is 0 Å². The average molecular weight is 1640 g/mol. The maximum atomic E-state index is 7.30. The van der Waals surface area contributed by atoms with Gasteiger partial charge in [0.1, 0.15) is 33.5 Å². The molecule has 0 aliphatic heterocycles. The molecule has 0 aliphatic carbocycles. The van der Waals surface area contributed by atoms with Crippen molar-refractivity contribution in [1.29, 1.82) is 0 Å². The van der Waals surface area contributed by atoms with E-state index in [0.717, 1.165) is 143 Å². The first-order valence-corrected chi connectivity index (χ1v) is 44.5. The third kappa shape index (κ3) is 11.2. The molecule has 3 aromatic heterocycles. The summed E-state index contributed by atoms with van der Waals surface area (Å²) in [5.41, 5.74) is 30.7. The molecule has 0 radical (unpaired) electrons. The van der Waals surface area contributed by atoms with Crippen LogP contribution < -0.4 is 0 Å². The molecule has 0 fully saturated rings. The summed E-state index contributed by atoms with van der Waals surface area (Å²) in [5, 5.41) is 27.9. The van der Waals surface area contributed by atoms with Gasteiger partial charge in [0.25, 0.3) is 0 Å². The molecule has 27 aromatic rings. The van der Waals surface area contributed by atoms with Crippen molar-refractivity contribution in [2.75, 3.05) is 0 Å². The molecule has 0 N–H and O–H groups in total. The Morgan fingerprint density at radius 2 is 0.442 bits per heavy atom. The van der Waals surface area contributed by atoms with E-state index in [1.165, 1.54) is 142 Å². The smallest absolute Gasteiger partial charge is 0.143 e. The van der Waals surface area contributed by atoms with Crippen molar-refractivity contribution in [2.24, 2.45) is 0 Å². The molecular formula is C126H74O3. The van der Waals surface area contributed by atoms with E-state index < -0.39 is 0 Å². The third-order valence-corrected chi connectivity index (χ3v) is 27.6. The molecule has 0 bridgehead atoms. The molecular weight excluding hydrogens is 1560 g/mol. The number of hydrogen-bond donors (Lipinski definition) is 0. The van der Waals surface area contributed by atoms with E-state index in [4.69, 9.17) is 13.3 Å². The van der Waals surface area contributed by atoms with Crippen LogP contribution in [0.5, 0.6) is 0 Å². The fourth-order valence-corrected chi connectivity index (χ4v) is 22.0. The SMILES string of the molecule is c1cc(-c2cccc3cc(-c4cccc5oc6c(-c7c8ccccc8c(-c8ccccc8-c8cccc9ccc(-c%10ccc%11oc%12c(-c%13c%14ccccc%14c(-c%14ccccc%14-c%14ccc%15ccccc%15c%14)c%14ccccc%13%14)cccc%12c%11c%10)cc89)c8ccccc78)cccc6c45)ccc23)cc(-c2c3ccccc3c(-c3cccc4c3oc3ccccc34)c3ccccc23)c1. The van der Waals surface area contributed by atoms with E-state index in [1.54, 1.807) is 0 Å². The summed E-state index contributed by atoms with van der Waals surface area (Å²) in [6, 6.07) is 165. The van der Waals surface area contributed by atoms with Gasteiger partial charge in [-0.3, -0.25) is 0 Å². The van der Waals surface area contributed by atoms with Crippen molar-refractivity contribution < 1.29 is 13.3 Å². The first-order chi connectivity index (χ1) is 64.0. The Bertz CT molecular complexity index is 9300. The van der Waals surface area contributed by atoms with Crippen molar-refractivity contribution in [3.63, 3.8) is 0 Å². The number of para-hydroxylation sites is 4. The minimum atomic E-state index is 0.847. The maximum Gasteiger partial charge on any atom is 0.143 e. The van der Waals surface area contributed by atoms with Gasteiger partial charge in [-0.05, 0) is 234 Å². The molecule has 0 aliphatic rings. The lowest BCUT2D eigenvalue weighted by atomic mass is 9.83. The topological polar surface area (TPSA) is 39.4 Å². The number of furan rings is 3. The molecule has 3 nitrogen and oxygen atoms in total. The Balaban J connectivity index is 0.537. The van der Waals surface area contributed by atoms with Crippen LogP contribution >= 0.6 is 0 Å². The molecule has 596 valence electrons. The van der Waals surface area contributed by atoms with Crippen LogP contribution in [0.3, 0.4) is 0 Å². The second-order valence-electron chi connectivity index (χ2n) is 34.5. The van der Waals surface area contributed by atoms with Crippen LogP contribution in [0.25, 0.3) is 285 Å². The van der Waals surface area contributed by atoms with Crippen LogP contribution in [-0.2, 0) is 0 Å². The van der Waals surface area contributed by atoms with Crippen LogP contribution in [-0.4, -0.2) is 0 Å². The highest BCUT2D eigenvalue weighted by Crippen LogP contribution is 2.55. The van der Waals surface area contributed by atoms with Gasteiger partial charge in [0, 0.05) is 65.7 Å². The van der Waals surface area contributed by atoms with E-state index >= 15 is 0 Å². The van der Waals surface area contributed by atoms with Crippen LogP contribution in [0.15, 0.2) is 462 Å². The molecule has 129 heavy (non-hydrogen) atoms. The van der Waals surface area contributed by atoms with Crippen LogP contribution in [0.4, 0.5) is 0 Å². The lowest BCUT2D eigenvalue weighted by Crippen LogP contribution is -1.93. The van der Waals surface area contributed by atoms with E-state index in [0.29, 0.717) is 0 Å². The second kappa shape index (κ2) is 28.8. The molecule has 3 heterocycles. The lowest BCUT2D eigenvalue weighted by Gasteiger charge is -2.20. The number of fused-ring (bicyclic) bond motifs is 18. The van der Waals surface area contributed by atoms with Crippen molar-refractivity contribution in [1.82, 2.24) is 0 Å². The van der Waals surface area contributed by atoms with Gasteiger partial charge in [-0.15, -0.1) is 0 Å². The Labute approximate surface area is 742 Å². The predicted octanol–water partition coefficient (Wildman–Crippen LogP) is 36.1. The average Bonchev–Trinajstić information content (AvgIpc) is 1.41. The highest BCUT2D eigenvalue weighted by atomic mass is 16.3.